The molecule has 1 rings (SSSR count). The number of hydrogen-bond donors (Lipinski definition) is 1. The monoisotopic (exact) mass is 272 g/mol. The van der Waals surface area contributed by atoms with Crippen LogP contribution in [-0.4, -0.2) is 18.2 Å². The van der Waals surface area contributed by atoms with Crippen molar-refractivity contribution in [2.24, 2.45) is 0 Å². The molecule has 1 aromatic carbocycles. The fourth-order valence-electron chi connectivity index (χ4n) is 1.46. The SMILES string of the molecule is COC(C)(CC(=O)O)c1ccccc1Br. The Morgan fingerprint density at radius 3 is 2.60 bits per heavy atom. The maximum Gasteiger partial charge on any atom is 0.306 e. The van der Waals surface area contributed by atoms with Gasteiger partial charge in [0, 0.05) is 11.6 Å². The van der Waals surface area contributed by atoms with Crippen LogP contribution < -0.4 is 0 Å². The lowest BCUT2D eigenvalue weighted by Crippen LogP contribution is -2.28. The molecule has 1 aromatic rings. The number of halogens is 1. The molecule has 3 nitrogen and oxygen atoms in total. The van der Waals surface area contributed by atoms with Gasteiger partial charge in [0.15, 0.2) is 0 Å². The Morgan fingerprint density at radius 2 is 2.13 bits per heavy atom. The Balaban J connectivity index is 3.11. The molecule has 0 saturated carbocycles. The zero-order chi connectivity index (χ0) is 11.5. The molecular weight excluding hydrogens is 260 g/mol. The maximum absolute atomic E-state index is 10.8. The smallest absolute Gasteiger partial charge is 0.306 e. The van der Waals surface area contributed by atoms with E-state index in [9.17, 15) is 4.79 Å². The molecule has 0 aliphatic heterocycles. The van der Waals surface area contributed by atoms with Crippen LogP contribution in [0.4, 0.5) is 0 Å². The molecule has 0 aliphatic rings. The van der Waals surface area contributed by atoms with Gasteiger partial charge < -0.3 is 9.84 Å². The zero-order valence-electron chi connectivity index (χ0n) is 8.66. The third kappa shape index (κ3) is 2.79. The second kappa shape index (κ2) is 4.77. The van der Waals surface area contributed by atoms with Crippen LogP contribution in [0.1, 0.15) is 18.9 Å². The second-order valence-electron chi connectivity index (χ2n) is 3.49. The molecule has 0 bridgehead atoms. The van der Waals surface area contributed by atoms with Gasteiger partial charge in [-0.25, -0.2) is 0 Å². The summed E-state index contributed by atoms with van der Waals surface area (Å²) in [5, 5.41) is 8.84. The average Bonchev–Trinajstić information content (AvgIpc) is 2.17. The first kappa shape index (κ1) is 12.2. The van der Waals surface area contributed by atoms with Crippen molar-refractivity contribution in [3.05, 3.63) is 34.3 Å². The number of carboxylic acids is 1. The van der Waals surface area contributed by atoms with Gasteiger partial charge in [0.1, 0.15) is 5.60 Å². The van der Waals surface area contributed by atoms with Crippen LogP contribution in [0.25, 0.3) is 0 Å². The van der Waals surface area contributed by atoms with Crippen molar-refractivity contribution >= 4 is 21.9 Å². The van der Waals surface area contributed by atoms with Gasteiger partial charge >= 0.3 is 5.97 Å². The third-order valence-electron chi connectivity index (χ3n) is 2.38. The van der Waals surface area contributed by atoms with E-state index in [1.165, 1.54) is 7.11 Å². The Morgan fingerprint density at radius 1 is 1.53 bits per heavy atom. The van der Waals surface area contributed by atoms with Crippen molar-refractivity contribution in [3.63, 3.8) is 0 Å². The minimum Gasteiger partial charge on any atom is -0.481 e. The van der Waals surface area contributed by atoms with E-state index >= 15 is 0 Å². The average molecular weight is 273 g/mol. The number of aliphatic carboxylic acids is 1. The van der Waals surface area contributed by atoms with E-state index < -0.39 is 11.6 Å². The predicted octanol–water partition coefficient (Wildman–Crippen LogP) is 2.79. The van der Waals surface area contributed by atoms with Crippen LogP contribution >= 0.6 is 15.9 Å². The lowest BCUT2D eigenvalue weighted by atomic mass is 9.92. The van der Waals surface area contributed by atoms with E-state index in [2.05, 4.69) is 15.9 Å². The molecule has 0 aliphatic carbocycles. The van der Waals surface area contributed by atoms with E-state index in [0.717, 1.165) is 10.0 Å². The molecule has 82 valence electrons. The van der Waals surface area contributed by atoms with E-state index in [4.69, 9.17) is 9.84 Å². The first-order valence-electron chi connectivity index (χ1n) is 4.51. The minimum atomic E-state index is -0.880. The van der Waals surface area contributed by atoms with Crippen molar-refractivity contribution in [1.29, 1.82) is 0 Å². The first-order valence-corrected chi connectivity index (χ1v) is 5.31. The number of methoxy groups -OCH3 is 1. The van der Waals surface area contributed by atoms with Gasteiger partial charge in [-0.15, -0.1) is 0 Å². The molecule has 15 heavy (non-hydrogen) atoms. The molecule has 4 heteroatoms. The Hall–Kier alpha value is -0.870. The molecule has 1 atom stereocenters. The molecule has 0 amide bonds. The van der Waals surface area contributed by atoms with Crippen LogP contribution in [0.2, 0.25) is 0 Å². The van der Waals surface area contributed by atoms with Gasteiger partial charge in [0.25, 0.3) is 0 Å². The number of benzene rings is 1. The molecular formula is C11H13BrO3. The van der Waals surface area contributed by atoms with E-state index in [-0.39, 0.29) is 6.42 Å². The largest absolute Gasteiger partial charge is 0.481 e. The summed E-state index contributed by atoms with van der Waals surface area (Å²) in [5.41, 5.74) is 0.0428. The number of ether oxygens (including phenoxy) is 1. The van der Waals surface area contributed by atoms with E-state index in [0.29, 0.717) is 0 Å². The molecule has 0 spiro atoms. The molecule has 0 radical (unpaired) electrons. The number of carboxylic acid groups (broad SMARTS) is 1. The van der Waals surface area contributed by atoms with Gasteiger partial charge in [-0.2, -0.15) is 0 Å². The van der Waals surface area contributed by atoms with Gasteiger partial charge in [-0.05, 0) is 18.6 Å². The van der Waals surface area contributed by atoms with Crippen molar-refractivity contribution < 1.29 is 14.6 Å². The first-order chi connectivity index (χ1) is 6.99. The summed E-state index contributed by atoms with van der Waals surface area (Å²) < 4.78 is 6.16. The van der Waals surface area contributed by atoms with Gasteiger partial charge in [0.2, 0.25) is 0 Å². The molecule has 0 heterocycles. The zero-order valence-corrected chi connectivity index (χ0v) is 10.2. The van der Waals surface area contributed by atoms with Crippen LogP contribution in [0.5, 0.6) is 0 Å². The number of rotatable bonds is 4. The van der Waals surface area contributed by atoms with Crippen LogP contribution in [-0.2, 0) is 15.1 Å². The van der Waals surface area contributed by atoms with Crippen LogP contribution in [0.3, 0.4) is 0 Å². The standard InChI is InChI=1S/C11H13BrO3/c1-11(15-2,7-10(13)14)8-5-3-4-6-9(8)12/h3-6H,7H2,1-2H3,(H,13,14). The highest BCUT2D eigenvalue weighted by Gasteiger charge is 2.30. The predicted molar refractivity (Wildman–Crippen MR) is 60.8 cm³/mol. The Bertz CT molecular complexity index is 365. The summed E-state index contributed by atoms with van der Waals surface area (Å²) in [4.78, 5) is 10.8. The summed E-state index contributed by atoms with van der Waals surface area (Å²) in [6, 6.07) is 7.47. The van der Waals surface area contributed by atoms with Crippen LogP contribution in [0, 0.1) is 0 Å². The summed E-state index contributed by atoms with van der Waals surface area (Å²) >= 11 is 3.39. The molecule has 0 aromatic heterocycles. The fraction of sp³-hybridized carbons (Fsp3) is 0.364. The number of hydrogen-bond acceptors (Lipinski definition) is 2. The topological polar surface area (TPSA) is 46.5 Å². The maximum atomic E-state index is 10.8. The van der Waals surface area contributed by atoms with Crippen molar-refractivity contribution in [1.82, 2.24) is 0 Å². The van der Waals surface area contributed by atoms with Gasteiger partial charge in [-0.3, -0.25) is 4.79 Å². The van der Waals surface area contributed by atoms with Crippen molar-refractivity contribution in [3.8, 4) is 0 Å². The fourth-order valence-corrected chi connectivity index (χ4v) is 2.16. The molecule has 1 N–H and O–H groups in total. The normalized spacial score (nSPS) is 14.6. The Labute approximate surface area is 97.2 Å². The summed E-state index contributed by atoms with van der Waals surface area (Å²) in [6.07, 6.45) is -0.0634. The second-order valence-corrected chi connectivity index (χ2v) is 4.34. The highest BCUT2D eigenvalue weighted by molar-refractivity contribution is 9.10. The van der Waals surface area contributed by atoms with Crippen molar-refractivity contribution in [2.75, 3.05) is 7.11 Å². The molecule has 0 fully saturated rings. The lowest BCUT2D eigenvalue weighted by molar-refractivity contribution is -0.143. The Kier molecular flexibility index (Phi) is 3.88. The summed E-state index contributed by atoms with van der Waals surface area (Å²) in [7, 11) is 1.52. The molecule has 0 saturated heterocycles. The lowest BCUT2D eigenvalue weighted by Gasteiger charge is -2.27. The highest BCUT2D eigenvalue weighted by Crippen LogP contribution is 2.33. The van der Waals surface area contributed by atoms with E-state index in [1.807, 2.05) is 24.3 Å². The summed E-state index contributed by atoms with van der Waals surface area (Å²) in [5.74, 6) is -0.880. The highest BCUT2D eigenvalue weighted by atomic mass is 79.9. The quantitative estimate of drug-likeness (QED) is 0.917. The van der Waals surface area contributed by atoms with E-state index in [1.54, 1.807) is 6.92 Å². The van der Waals surface area contributed by atoms with Crippen molar-refractivity contribution in [2.45, 2.75) is 18.9 Å². The summed E-state index contributed by atoms with van der Waals surface area (Å²) in [6.45, 7) is 1.77. The van der Waals surface area contributed by atoms with Gasteiger partial charge in [0.05, 0.1) is 6.42 Å². The van der Waals surface area contributed by atoms with Gasteiger partial charge in [-0.1, -0.05) is 34.1 Å². The number of carbonyl (C=O) groups is 1. The minimum absolute atomic E-state index is 0.0634. The molecule has 1 unspecified atom stereocenters. The third-order valence-corrected chi connectivity index (χ3v) is 3.07. The van der Waals surface area contributed by atoms with Crippen LogP contribution in [0.15, 0.2) is 28.7 Å².